The summed E-state index contributed by atoms with van der Waals surface area (Å²) in [5.74, 6) is 1.00. The first-order valence-electron chi connectivity index (χ1n) is 10.0. The van der Waals surface area contributed by atoms with E-state index in [-0.39, 0.29) is 24.0 Å². The third-order valence-corrected chi connectivity index (χ3v) is 4.89. The maximum Gasteiger partial charge on any atom is 0.194 e. The minimum absolute atomic E-state index is 0. The molecule has 2 aromatic rings. The second-order valence-electron chi connectivity index (χ2n) is 7.43. The van der Waals surface area contributed by atoms with Gasteiger partial charge in [0.2, 0.25) is 0 Å². The summed E-state index contributed by atoms with van der Waals surface area (Å²) in [7, 11) is 4.20. The minimum atomic E-state index is 0. The molecule has 1 aromatic carbocycles. The van der Waals surface area contributed by atoms with E-state index in [2.05, 4.69) is 70.5 Å². The van der Waals surface area contributed by atoms with E-state index < -0.39 is 0 Å². The van der Waals surface area contributed by atoms with Gasteiger partial charge in [-0.1, -0.05) is 29.4 Å². The number of aliphatic imine (C=N–C) groups is 1. The standard InChI is InChI=1S/C21H32N6O.HI/c1-4-22-21(23-15-18-7-5-6-8-19(18)16-25(2)3)27-12-10-26(11-13-27)17-20-9-14-28-24-20;/h5-9,14H,4,10-13,15-17H2,1-3H3,(H,22,23);1H. The monoisotopic (exact) mass is 512 g/mol. The fourth-order valence-corrected chi connectivity index (χ4v) is 3.46. The molecule has 0 aliphatic carbocycles. The summed E-state index contributed by atoms with van der Waals surface area (Å²) in [5, 5.41) is 7.48. The van der Waals surface area contributed by atoms with Gasteiger partial charge >= 0.3 is 0 Å². The SMILES string of the molecule is CCNC(=NCc1ccccc1CN(C)C)N1CCN(Cc2ccon2)CC1.I. The number of rotatable bonds is 7. The molecule has 0 unspecified atom stereocenters. The first kappa shape index (κ1) is 23.6. The number of benzene rings is 1. The summed E-state index contributed by atoms with van der Waals surface area (Å²) in [6, 6.07) is 10.5. The summed E-state index contributed by atoms with van der Waals surface area (Å²) in [6.07, 6.45) is 1.63. The third-order valence-electron chi connectivity index (χ3n) is 4.89. The van der Waals surface area contributed by atoms with Crippen LogP contribution in [0.1, 0.15) is 23.7 Å². The molecule has 0 amide bonds. The van der Waals surface area contributed by atoms with E-state index >= 15 is 0 Å². The molecule has 8 heteroatoms. The normalized spacial score (nSPS) is 15.4. The Morgan fingerprint density at radius 3 is 2.48 bits per heavy atom. The Labute approximate surface area is 191 Å². The van der Waals surface area contributed by atoms with Gasteiger partial charge in [-0.2, -0.15) is 0 Å². The molecule has 2 heterocycles. The lowest BCUT2D eigenvalue weighted by Crippen LogP contribution is -2.52. The van der Waals surface area contributed by atoms with Gasteiger partial charge in [-0.05, 0) is 32.1 Å². The van der Waals surface area contributed by atoms with E-state index in [1.807, 2.05) is 6.07 Å². The highest BCUT2D eigenvalue weighted by Crippen LogP contribution is 2.13. The molecule has 0 bridgehead atoms. The van der Waals surface area contributed by atoms with Gasteiger partial charge in [-0.15, -0.1) is 24.0 Å². The van der Waals surface area contributed by atoms with Gasteiger partial charge in [0, 0.05) is 51.9 Å². The molecule has 160 valence electrons. The van der Waals surface area contributed by atoms with E-state index in [0.717, 1.165) is 57.5 Å². The highest BCUT2D eigenvalue weighted by atomic mass is 127. The summed E-state index contributed by atoms with van der Waals surface area (Å²) in [4.78, 5) is 11.9. The molecule has 0 saturated carbocycles. The second kappa shape index (κ2) is 12.1. The zero-order chi connectivity index (χ0) is 19.8. The third kappa shape index (κ3) is 7.27. The molecule has 1 aliphatic rings. The molecular weight excluding hydrogens is 479 g/mol. The predicted molar refractivity (Wildman–Crippen MR) is 127 cm³/mol. The van der Waals surface area contributed by atoms with E-state index in [1.165, 1.54) is 11.1 Å². The van der Waals surface area contributed by atoms with Crippen molar-refractivity contribution in [1.29, 1.82) is 0 Å². The zero-order valence-electron chi connectivity index (χ0n) is 17.7. The van der Waals surface area contributed by atoms with Crippen LogP contribution in [0.5, 0.6) is 0 Å². The first-order valence-corrected chi connectivity index (χ1v) is 10.0. The molecule has 1 aromatic heterocycles. The van der Waals surface area contributed by atoms with Crippen molar-refractivity contribution in [2.45, 2.75) is 26.6 Å². The van der Waals surface area contributed by atoms with Gasteiger partial charge in [0.25, 0.3) is 0 Å². The number of hydrogen-bond donors (Lipinski definition) is 1. The summed E-state index contributed by atoms with van der Waals surface area (Å²) in [6.45, 7) is 9.38. The van der Waals surface area contributed by atoms with Crippen molar-refractivity contribution < 1.29 is 4.52 Å². The van der Waals surface area contributed by atoms with Gasteiger partial charge in [-0.3, -0.25) is 4.90 Å². The van der Waals surface area contributed by atoms with Gasteiger partial charge in [0.1, 0.15) is 6.26 Å². The smallest absolute Gasteiger partial charge is 0.194 e. The van der Waals surface area contributed by atoms with Crippen LogP contribution < -0.4 is 5.32 Å². The summed E-state index contributed by atoms with van der Waals surface area (Å²) < 4.78 is 4.94. The number of nitrogens with zero attached hydrogens (tertiary/aromatic N) is 5. The average molecular weight is 512 g/mol. The Hall–Kier alpha value is -1.65. The van der Waals surface area contributed by atoms with Crippen LogP contribution in [0.3, 0.4) is 0 Å². The number of piperazine rings is 1. The van der Waals surface area contributed by atoms with Crippen LogP contribution in [0.25, 0.3) is 0 Å². The van der Waals surface area contributed by atoms with Gasteiger partial charge in [0.05, 0.1) is 12.2 Å². The Morgan fingerprint density at radius 1 is 1.14 bits per heavy atom. The minimum Gasteiger partial charge on any atom is -0.364 e. The lowest BCUT2D eigenvalue weighted by atomic mass is 10.1. The van der Waals surface area contributed by atoms with Crippen LogP contribution in [-0.2, 0) is 19.6 Å². The van der Waals surface area contributed by atoms with Crippen molar-refractivity contribution in [1.82, 2.24) is 25.2 Å². The topological polar surface area (TPSA) is 60.1 Å². The number of nitrogens with one attached hydrogen (secondary N) is 1. The van der Waals surface area contributed by atoms with Gasteiger partial charge in [0.15, 0.2) is 5.96 Å². The fraction of sp³-hybridized carbons (Fsp3) is 0.524. The Bertz CT molecular complexity index is 741. The van der Waals surface area contributed by atoms with E-state index in [0.29, 0.717) is 6.54 Å². The van der Waals surface area contributed by atoms with Gasteiger partial charge in [-0.25, -0.2) is 4.99 Å². The Kier molecular flexibility index (Phi) is 9.89. The van der Waals surface area contributed by atoms with Crippen molar-refractivity contribution in [2.24, 2.45) is 4.99 Å². The number of aromatic nitrogens is 1. The van der Waals surface area contributed by atoms with Crippen molar-refractivity contribution in [3.05, 3.63) is 53.4 Å². The number of halogens is 1. The molecule has 1 saturated heterocycles. The predicted octanol–water partition coefficient (Wildman–Crippen LogP) is 2.64. The van der Waals surface area contributed by atoms with Crippen LogP contribution in [-0.4, -0.2) is 72.6 Å². The van der Waals surface area contributed by atoms with Crippen LogP contribution in [0.4, 0.5) is 0 Å². The molecule has 7 nitrogen and oxygen atoms in total. The van der Waals surface area contributed by atoms with Crippen molar-refractivity contribution in [3.63, 3.8) is 0 Å². The van der Waals surface area contributed by atoms with Crippen LogP contribution in [0.15, 0.2) is 46.1 Å². The molecular formula is C21H33IN6O. The average Bonchev–Trinajstić information content (AvgIpc) is 3.19. The Balaban J connectivity index is 0.00000300. The van der Waals surface area contributed by atoms with Crippen LogP contribution in [0.2, 0.25) is 0 Å². The van der Waals surface area contributed by atoms with Crippen LogP contribution in [0, 0.1) is 0 Å². The maximum absolute atomic E-state index is 4.94. The maximum atomic E-state index is 4.94. The highest BCUT2D eigenvalue weighted by molar-refractivity contribution is 14.0. The van der Waals surface area contributed by atoms with Crippen molar-refractivity contribution in [2.75, 3.05) is 46.8 Å². The lowest BCUT2D eigenvalue weighted by molar-refractivity contribution is 0.169. The molecule has 0 atom stereocenters. The fourth-order valence-electron chi connectivity index (χ4n) is 3.46. The quantitative estimate of drug-likeness (QED) is 0.350. The molecule has 3 rings (SSSR count). The largest absolute Gasteiger partial charge is 0.364 e. The van der Waals surface area contributed by atoms with E-state index in [4.69, 9.17) is 9.52 Å². The molecule has 1 fully saturated rings. The summed E-state index contributed by atoms with van der Waals surface area (Å²) in [5.41, 5.74) is 3.62. The number of guanidine groups is 1. The lowest BCUT2D eigenvalue weighted by Gasteiger charge is -2.36. The highest BCUT2D eigenvalue weighted by Gasteiger charge is 2.20. The van der Waals surface area contributed by atoms with Crippen molar-refractivity contribution in [3.8, 4) is 0 Å². The molecule has 29 heavy (non-hydrogen) atoms. The van der Waals surface area contributed by atoms with E-state index in [1.54, 1.807) is 6.26 Å². The molecule has 0 spiro atoms. The van der Waals surface area contributed by atoms with Gasteiger partial charge < -0.3 is 19.6 Å². The van der Waals surface area contributed by atoms with E-state index in [9.17, 15) is 0 Å². The van der Waals surface area contributed by atoms with Crippen LogP contribution >= 0.6 is 24.0 Å². The molecule has 0 radical (unpaired) electrons. The zero-order valence-corrected chi connectivity index (χ0v) is 20.0. The second-order valence-corrected chi connectivity index (χ2v) is 7.43. The van der Waals surface area contributed by atoms with Crippen molar-refractivity contribution >= 4 is 29.9 Å². The first-order chi connectivity index (χ1) is 13.7. The molecule has 1 N–H and O–H groups in total. The number of hydrogen-bond acceptors (Lipinski definition) is 5. The molecule has 1 aliphatic heterocycles. The Morgan fingerprint density at radius 2 is 1.86 bits per heavy atom. The summed E-state index contributed by atoms with van der Waals surface area (Å²) >= 11 is 0.